The van der Waals surface area contributed by atoms with Crippen molar-refractivity contribution in [3.05, 3.63) is 29.2 Å². The van der Waals surface area contributed by atoms with Gasteiger partial charge < -0.3 is 10.6 Å². The lowest BCUT2D eigenvalue weighted by atomic mass is 9.97. The van der Waals surface area contributed by atoms with Crippen LogP contribution in [0.5, 0.6) is 0 Å². The summed E-state index contributed by atoms with van der Waals surface area (Å²) in [7, 11) is -2.33. The van der Waals surface area contributed by atoms with E-state index in [-0.39, 0.29) is 20.9 Å². The van der Waals surface area contributed by atoms with Gasteiger partial charge in [-0.25, -0.2) is 13.4 Å². The number of aryl methyl sites for hydroxylation is 2. The predicted molar refractivity (Wildman–Crippen MR) is 106 cm³/mol. The number of hydrogen-bond donors (Lipinski definition) is 1. The molecule has 0 saturated carbocycles. The fraction of sp³-hybridized carbons (Fsp3) is 0.526. The minimum Gasteiger partial charge on any atom is -0.365 e. The topological polar surface area (TPSA) is 111 Å². The second-order valence-corrected chi connectivity index (χ2v) is 10.1. The number of carbonyl (C=O) groups excluding carboxylic acids is 1. The van der Waals surface area contributed by atoms with Crippen LogP contribution in [0.3, 0.4) is 0 Å². The van der Waals surface area contributed by atoms with Gasteiger partial charge in [0.1, 0.15) is 16.3 Å². The average Bonchev–Trinajstić information content (AvgIpc) is 3.00. The molecule has 0 aliphatic carbocycles. The number of pyridine rings is 1. The number of sulfone groups is 1. The molecule has 3 rings (SSSR count). The fourth-order valence-electron chi connectivity index (χ4n) is 4.31. The van der Waals surface area contributed by atoms with Crippen molar-refractivity contribution < 1.29 is 13.2 Å². The highest BCUT2D eigenvalue weighted by molar-refractivity contribution is 7.91. The number of hydrogen-bond acceptors (Lipinski definition) is 6. The Hall–Kier alpha value is -2.42. The van der Waals surface area contributed by atoms with Crippen molar-refractivity contribution in [1.82, 2.24) is 14.8 Å². The van der Waals surface area contributed by atoms with Gasteiger partial charge in [0.05, 0.1) is 16.3 Å². The van der Waals surface area contributed by atoms with Gasteiger partial charge in [-0.05, 0) is 46.1 Å². The van der Waals surface area contributed by atoms with E-state index in [0.717, 1.165) is 6.42 Å². The molecule has 2 aromatic heterocycles. The number of aromatic nitrogens is 3. The zero-order valence-electron chi connectivity index (χ0n) is 17.1. The molecule has 0 aromatic carbocycles. The van der Waals surface area contributed by atoms with Gasteiger partial charge in [0, 0.05) is 25.3 Å². The molecule has 1 amide bonds. The minimum absolute atomic E-state index is 0.0627. The third kappa shape index (κ3) is 3.07. The Morgan fingerprint density at radius 2 is 1.96 bits per heavy atom. The largest absolute Gasteiger partial charge is 0.365 e. The Bertz CT molecular complexity index is 1060. The first-order valence-corrected chi connectivity index (χ1v) is 10.7. The molecule has 1 fully saturated rings. The van der Waals surface area contributed by atoms with E-state index < -0.39 is 15.7 Å². The molecule has 2 aromatic rings. The van der Waals surface area contributed by atoms with Gasteiger partial charge in [0.25, 0.3) is 5.91 Å². The van der Waals surface area contributed by atoms with E-state index in [9.17, 15) is 13.2 Å². The second-order valence-electron chi connectivity index (χ2n) is 8.23. The first-order valence-electron chi connectivity index (χ1n) is 9.19. The van der Waals surface area contributed by atoms with Crippen molar-refractivity contribution in [3.8, 4) is 0 Å². The van der Waals surface area contributed by atoms with E-state index in [4.69, 9.17) is 5.73 Å². The van der Waals surface area contributed by atoms with Crippen LogP contribution in [0.25, 0.3) is 0 Å². The summed E-state index contributed by atoms with van der Waals surface area (Å²) in [4.78, 5) is 18.7. The number of primary amides is 1. The molecule has 1 atom stereocenters. The van der Waals surface area contributed by atoms with Crippen LogP contribution in [0, 0.1) is 19.8 Å². The molecule has 0 unspecified atom stereocenters. The minimum atomic E-state index is -4.01. The van der Waals surface area contributed by atoms with Crippen LogP contribution in [-0.2, 0) is 16.9 Å². The highest BCUT2D eigenvalue weighted by Gasteiger charge is 2.40. The van der Waals surface area contributed by atoms with E-state index in [0.29, 0.717) is 29.7 Å². The van der Waals surface area contributed by atoms with Crippen molar-refractivity contribution in [2.24, 2.45) is 18.7 Å². The Labute approximate surface area is 165 Å². The molecule has 8 nitrogen and oxygen atoms in total. The van der Waals surface area contributed by atoms with Gasteiger partial charge in [-0.3, -0.25) is 9.48 Å². The number of anilines is 1. The molecular weight excluding hydrogens is 378 g/mol. The lowest BCUT2D eigenvalue weighted by molar-refractivity contribution is 0.0997. The molecule has 1 aliphatic heterocycles. The molecule has 1 aliphatic rings. The van der Waals surface area contributed by atoms with Gasteiger partial charge in [-0.15, -0.1) is 0 Å². The lowest BCUT2D eigenvalue weighted by Gasteiger charge is -2.34. The summed E-state index contributed by atoms with van der Waals surface area (Å²) in [6.45, 7) is 10.2. The van der Waals surface area contributed by atoms with Gasteiger partial charge in [-0.2, -0.15) is 5.10 Å². The maximum Gasteiger partial charge on any atom is 0.253 e. The Morgan fingerprint density at radius 3 is 2.43 bits per heavy atom. The van der Waals surface area contributed by atoms with Crippen LogP contribution in [-0.4, -0.2) is 41.2 Å². The van der Waals surface area contributed by atoms with Gasteiger partial charge in [0.2, 0.25) is 9.84 Å². The van der Waals surface area contributed by atoms with Crippen molar-refractivity contribution in [2.45, 2.75) is 56.4 Å². The third-order valence-electron chi connectivity index (χ3n) is 5.47. The summed E-state index contributed by atoms with van der Waals surface area (Å²) >= 11 is 0. The summed E-state index contributed by atoms with van der Waals surface area (Å²) in [5.41, 5.74) is 6.22. The average molecular weight is 406 g/mol. The van der Waals surface area contributed by atoms with Crippen LogP contribution >= 0.6 is 0 Å². The maximum atomic E-state index is 13.5. The van der Waals surface area contributed by atoms with Crippen LogP contribution in [0.1, 0.15) is 48.9 Å². The number of carbonyl (C=O) groups is 1. The van der Waals surface area contributed by atoms with Gasteiger partial charge in [0.15, 0.2) is 0 Å². The molecule has 0 bridgehead atoms. The Balaban J connectivity index is 2.28. The van der Waals surface area contributed by atoms with E-state index in [1.54, 1.807) is 20.9 Å². The first kappa shape index (κ1) is 20.3. The predicted octanol–water partition coefficient (Wildman–Crippen LogP) is 1.99. The molecular formula is C19H27N5O3S. The van der Waals surface area contributed by atoms with Crippen LogP contribution < -0.4 is 10.6 Å². The zero-order valence-corrected chi connectivity index (χ0v) is 18.0. The number of nitrogens with two attached hydrogens (primary N) is 1. The number of amides is 1. The van der Waals surface area contributed by atoms with Crippen LogP contribution in [0.15, 0.2) is 22.1 Å². The summed E-state index contributed by atoms with van der Waals surface area (Å²) < 4.78 is 28.5. The molecule has 1 saturated heterocycles. The van der Waals surface area contributed by atoms with E-state index in [1.807, 2.05) is 4.90 Å². The maximum absolute atomic E-state index is 13.5. The molecule has 2 N–H and O–H groups in total. The summed E-state index contributed by atoms with van der Waals surface area (Å²) in [6.07, 6.45) is 2.33. The standard InChI is InChI=1S/C19H27N5O3S/c1-11-9-19(4,5)24(10-11)18-15(17(20)25)14(7-8-21-18)28(26,27)16-12(2)22-23(6)13(16)3/h7-8,11H,9-10H2,1-6H3,(H2,20,25)/t11-/m0/s1. The van der Waals surface area contributed by atoms with Crippen LogP contribution in [0.4, 0.5) is 5.82 Å². The van der Waals surface area contributed by atoms with Crippen molar-refractivity contribution in [1.29, 1.82) is 0 Å². The summed E-state index contributed by atoms with van der Waals surface area (Å²) in [5.74, 6) is -0.0982. The lowest BCUT2D eigenvalue weighted by Crippen LogP contribution is -2.40. The normalized spacial score (nSPS) is 19.2. The van der Waals surface area contributed by atoms with Crippen molar-refractivity contribution in [2.75, 3.05) is 11.4 Å². The quantitative estimate of drug-likeness (QED) is 0.833. The van der Waals surface area contributed by atoms with E-state index in [1.165, 1.54) is 16.9 Å². The highest BCUT2D eigenvalue weighted by Crippen LogP contribution is 2.39. The monoisotopic (exact) mass is 405 g/mol. The summed E-state index contributed by atoms with van der Waals surface area (Å²) in [6, 6.07) is 1.34. The fourth-order valence-corrected chi connectivity index (χ4v) is 6.18. The van der Waals surface area contributed by atoms with Crippen LogP contribution in [0.2, 0.25) is 0 Å². The van der Waals surface area contributed by atoms with Crippen molar-refractivity contribution in [3.63, 3.8) is 0 Å². The molecule has 28 heavy (non-hydrogen) atoms. The number of nitrogens with zero attached hydrogens (tertiary/aromatic N) is 4. The van der Waals surface area contributed by atoms with E-state index in [2.05, 4.69) is 30.9 Å². The van der Waals surface area contributed by atoms with Crippen molar-refractivity contribution >= 4 is 21.6 Å². The molecule has 152 valence electrons. The Kier molecular flexibility index (Phi) is 4.77. The van der Waals surface area contributed by atoms with Gasteiger partial charge in [-0.1, -0.05) is 6.92 Å². The smallest absolute Gasteiger partial charge is 0.253 e. The molecule has 0 radical (unpaired) electrons. The summed E-state index contributed by atoms with van der Waals surface area (Å²) in [5, 5.41) is 4.21. The Morgan fingerprint density at radius 1 is 1.32 bits per heavy atom. The molecule has 0 spiro atoms. The zero-order chi connectivity index (χ0) is 21.0. The SMILES string of the molecule is Cc1nn(C)c(C)c1S(=O)(=O)c1ccnc(N2C[C@@H](C)CC2(C)C)c1C(N)=O. The molecule has 9 heteroatoms. The number of rotatable bonds is 4. The second kappa shape index (κ2) is 6.58. The molecule has 3 heterocycles. The van der Waals surface area contributed by atoms with E-state index >= 15 is 0 Å². The first-order chi connectivity index (χ1) is 12.9. The third-order valence-corrected chi connectivity index (χ3v) is 7.52. The highest BCUT2D eigenvalue weighted by atomic mass is 32.2. The van der Waals surface area contributed by atoms with Gasteiger partial charge >= 0.3 is 0 Å².